The zero-order chi connectivity index (χ0) is 15.1. The molecule has 0 heterocycles. The summed E-state index contributed by atoms with van der Waals surface area (Å²) in [5, 5.41) is 21.8. The lowest BCUT2D eigenvalue weighted by Crippen LogP contribution is -2.32. The molecule has 0 aliphatic carbocycles. The van der Waals surface area contributed by atoms with Gasteiger partial charge < -0.3 is 10.4 Å². The minimum absolute atomic E-state index is 0.0526. The number of carbonyl (C=O) groups excluding carboxylic acids is 1. The number of carbonyl (C=O) groups is 2. The molecule has 0 spiro atoms. The molecule has 0 aliphatic rings. The van der Waals surface area contributed by atoms with Gasteiger partial charge in [-0.3, -0.25) is 19.7 Å². The lowest BCUT2D eigenvalue weighted by atomic mass is 10.1. The molecular weight excluding hydrogens is 264 g/mol. The third kappa shape index (κ3) is 5.05. The molecule has 7 heteroatoms. The first-order valence-corrected chi connectivity index (χ1v) is 6.17. The van der Waals surface area contributed by atoms with Crippen molar-refractivity contribution in [3.05, 3.63) is 39.9 Å². The third-order valence-electron chi connectivity index (χ3n) is 2.72. The lowest BCUT2D eigenvalue weighted by molar-refractivity contribution is -0.384. The molecule has 0 aliphatic heterocycles. The highest BCUT2D eigenvalue weighted by atomic mass is 16.6. The first-order valence-electron chi connectivity index (χ1n) is 6.17. The van der Waals surface area contributed by atoms with Gasteiger partial charge in [0.1, 0.15) is 0 Å². The lowest BCUT2D eigenvalue weighted by Gasteiger charge is -2.13. The Morgan fingerprint density at radius 2 is 2.15 bits per heavy atom. The van der Waals surface area contributed by atoms with E-state index in [9.17, 15) is 19.7 Å². The number of hydrogen-bond donors (Lipinski definition) is 2. The van der Waals surface area contributed by atoms with Crippen LogP contribution in [0.15, 0.2) is 24.3 Å². The van der Waals surface area contributed by atoms with Gasteiger partial charge in [0.15, 0.2) is 0 Å². The van der Waals surface area contributed by atoms with E-state index in [2.05, 4.69) is 5.32 Å². The Morgan fingerprint density at radius 1 is 1.45 bits per heavy atom. The summed E-state index contributed by atoms with van der Waals surface area (Å²) in [6, 6.07) is 5.27. The number of hydrogen-bond acceptors (Lipinski definition) is 4. The summed E-state index contributed by atoms with van der Waals surface area (Å²) in [4.78, 5) is 32.3. The summed E-state index contributed by atoms with van der Waals surface area (Å²) < 4.78 is 0. The minimum atomic E-state index is -0.873. The molecule has 1 unspecified atom stereocenters. The molecule has 2 N–H and O–H groups in total. The van der Waals surface area contributed by atoms with Crippen molar-refractivity contribution in [1.82, 2.24) is 5.32 Å². The molecule has 1 aromatic rings. The molecule has 0 bridgehead atoms. The fourth-order valence-corrected chi connectivity index (χ4v) is 1.70. The maximum absolute atomic E-state index is 11.9. The molecule has 1 atom stereocenters. The molecule has 0 fully saturated rings. The number of nitro groups is 1. The van der Waals surface area contributed by atoms with E-state index in [1.807, 2.05) is 0 Å². The zero-order valence-electron chi connectivity index (χ0n) is 11.0. The topological polar surface area (TPSA) is 110 Å². The standard InChI is InChI=1S/C13H16N2O5/c1-9(4-2-7-12(16)17)14-13(18)10-5-3-6-11(8-10)15(19)20/h3,5-6,8-9H,2,4,7H2,1H3,(H,14,18)(H,16,17). The van der Waals surface area contributed by atoms with Crippen molar-refractivity contribution < 1.29 is 19.6 Å². The second-order valence-corrected chi connectivity index (χ2v) is 4.47. The van der Waals surface area contributed by atoms with E-state index < -0.39 is 16.8 Å². The van der Waals surface area contributed by atoms with E-state index >= 15 is 0 Å². The monoisotopic (exact) mass is 280 g/mol. The van der Waals surface area contributed by atoms with E-state index in [0.29, 0.717) is 12.8 Å². The number of benzene rings is 1. The Labute approximate surface area is 115 Å². The maximum atomic E-state index is 11.9. The van der Waals surface area contributed by atoms with E-state index in [0.717, 1.165) is 0 Å². The van der Waals surface area contributed by atoms with Gasteiger partial charge in [-0.15, -0.1) is 0 Å². The van der Waals surface area contributed by atoms with Crippen molar-refractivity contribution in [3.63, 3.8) is 0 Å². The summed E-state index contributed by atoms with van der Waals surface area (Å²) in [6.07, 6.45) is 1.05. The normalized spacial score (nSPS) is 11.7. The van der Waals surface area contributed by atoms with Crippen LogP contribution in [0.3, 0.4) is 0 Å². The number of carboxylic acids is 1. The van der Waals surface area contributed by atoms with E-state index in [-0.39, 0.29) is 23.7 Å². The van der Waals surface area contributed by atoms with Crippen molar-refractivity contribution >= 4 is 17.6 Å². The van der Waals surface area contributed by atoms with Crippen molar-refractivity contribution in [3.8, 4) is 0 Å². The summed E-state index contributed by atoms with van der Waals surface area (Å²) >= 11 is 0. The molecule has 0 saturated heterocycles. The molecule has 1 aromatic carbocycles. The fraction of sp³-hybridized carbons (Fsp3) is 0.385. The van der Waals surface area contributed by atoms with Gasteiger partial charge in [-0.1, -0.05) is 6.07 Å². The molecule has 0 radical (unpaired) electrons. The molecule has 20 heavy (non-hydrogen) atoms. The fourth-order valence-electron chi connectivity index (χ4n) is 1.70. The number of non-ortho nitro benzene ring substituents is 1. The molecule has 1 amide bonds. The smallest absolute Gasteiger partial charge is 0.303 e. The number of rotatable bonds is 7. The summed E-state index contributed by atoms with van der Waals surface area (Å²) in [5.74, 6) is -1.28. The van der Waals surface area contributed by atoms with Gasteiger partial charge in [-0.2, -0.15) is 0 Å². The molecular formula is C13H16N2O5. The van der Waals surface area contributed by atoms with Crippen LogP contribution in [-0.2, 0) is 4.79 Å². The first kappa shape index (κ1) is 15.6. The second-order valence-electron chi connectivity index (χ2n) is 4.47. The van der Waals surface area contributed by atoms with Crippen LogP contribution in [0.4, 0.5) is 5.69 Å². The highest BCUT2D eigenvalue weighted by Gasteiger charge is 2.13. The highest BCUT2D eigenvalue weighted by Crippen LogP contribution is 2.13. The minimum Gasteiger partial charge on any atom is -0.481 e. The Bertz CT molecular complexity index is 515. The second kappa shape index (κ2) is 7.22. The van der Waals surface area contributed by atoms with Crippen molar-refractivity contribution in [1.29, 1.82) is 0 Å². The van der Waals surface area contributed by atoms with Gasteiger partial charge in [0, 0.05) is 30.2 Å². The van der Waals surface area contributed by atoms with E-state index in [4.69, 9.17) is 5.11 Å². The van der Waals surface area contributed by atoms with E-state index in [1.165, 1.54) is 24.3 Å². The van der Waals surface area contributed by atoms with Crippen molar-refractivity contribution in [2.75, 3.05) is 0 Å². The summed E-state index contributed by atoms with van der Waals surface area (Å²) in [6.45, 7) is 1.76. The maximum Gasteiger partial charge on any atom is 0.303 e. The van der Waals surface area contributed by atoms with Gasteiger partial charge >= 0.3 is 5.97 Å². The number of carboxylic acid groups (broad SMARTS) is 1. The van der Waals surface area contributed by atoms with Crippen LogP contribution < -0.4 is 5.32 Å². The Hall–Kier alpha value is -2.44. The molecule has 0 saturated carbocycles. The number of nitrogens with one attached hydrogen (secondary N) is 1. The zero-order valence-corrected chi connectivity index (χ0v) is 11.0. The highest BCUT2D eigenvalue weighted by molar-refractivity contribution is 5.94. The Balaban J connectivity index is 2.55. The molecule has 7 nitrogen and oxygen atoms in total. The van der Waals surface area contributed by atoms with Crippen LogP contribution in [0.2, 0.25) is 0 Å². The average Bonchev–Trinajstić information content (AvgIpc) is 2.38. The van der Waals surface area contributed by atoms with Gasteiger partial charge in [-0.25, -0.2) is 0 Å². The van der Waals surface area contributed by atoms with Crippen molar-refractivity contribution in [2.45, 2.75) is 32.2 Å². The van der Waals surface area contributed by atoms with Gasteiger partial charge in [0.05, 0.1) is 4.92 Å². The molecule has 108 valence electrons. The van der Waals surface area contributed by atoms with Gasteiger partial charge in [0.25, 0.3) is 11.6 Å². The number of nitro benzene ring substituents is 1. The molecule has 0 aromatic heterocycles. The molecule has 1 rings (SSSR count). The predicted octanol–water partition coefficient (Wildman–Crippen LogP) is 1.97. The predicted molar refractivity (Wildman–Crippen MR) is 71.5 cm³/mol. The summed E-state index contributed by atoms with van der Waals surface area (Å²) in [5.41, 5.74) is 0.0699. The number of nitrogens with zero attached hydrogens (tertiary/aromatic N) is 1. The van der Waals surface area contributed by atoms with Gasteiger partial charge in [-0.05, 0) is 25.8 Å². The van der Waals surface area contributed by atoms with Crippen LogP contribution in [0.25, 0.3) is 0 Å². The van der Waals surface area contributed by atoms with Crippen LogP contribution in [0.5, 0.6) is 0 Å². The largest absolute Gasteiger partial charge is 0.481 e. The van der Waals surface area contributed by atoms with Crippen LogP contribution in [-0.4, -0.2) is 27.9 Å². The third-order valence-corrected chi connectivity index (χ3v) is 2.72. The number of aliphatic carboxylic acids is 1. The van der Waals surface area contributed by atoms with Crippen LogP contribution >= 0.6 is 0 Å². The number of amides is 1. The van der Waals surface area contributed by atoms with Crippen LogP contribution in [0.1, 0.15) is 36.5 Å². The van der Waals surface area contributed by atoms with E-state index in [1.54, 1.807) is 6.92 Å². The Kier molecular flexibility index (Phi) is 5.64. The Morgan fingerprint density at radius 3 is 2.75 bits per heavy atom. The quantitative estimate of drug-likeness (QED) is 0.586. The van der Waals surface area contributed by atoms with Crippen LogP contribution in [0, 0.1) is 10.1 Å². The van der Waals surface area contributed by atoms with Crippen molar-refractivity contribution in [2.24, 2.45) is 0 Å². The first-order chi connectivity index (χ1) is 9.40. The average molecular weight is 280 g/mol. The van der Waals surface area contributed by atoms with Gasteiger partial charge in [0.2, 0.25) is 0 Å². The SMILES string of the molecule is CC(CCCC(=O)O)NC(=O)c1cccc([N+](=O)[O-])c1. The summed E-state index contributed by atoms with van der Waals surface area (Å²) in [7, 11) is 0.